The Morgan fingerprint density at radius 3 is 2.58 bits per heavy atom. The molecule has 3 unspecified atom stereocenters. The summed E-state index contributed by atoms with van der Waals surface area (Å²) in [7, 11) is 0. The lowest BCUT2D eigenvalue weighted by Crippen LogP contribution is -2.63. The zero-order valence-corrected chi connectivity index (χ0v) is 11.8. The third-order valence-electron chi connectivity index (χ3n) is 4.63. The SMILES string of the molecule is CC1CCCC(NC(=O)C2(C)CCCN2)(C(=O)O)C1. The number of nitrogens with one attached hydrogen (secondary N) is 2. The van der Waals surface area contributed by atoms with Gasteiger partial charge in [0.15, 0.2) is 0 Å². The molecule has 1 saturated carbocycles. The van der Waals surface area contributed by atoms with E-state index in [0.717, 1.165) is 32.2 Å². The van der Waals surface area contributed by atoms with Crippen molar-refractivity contribution in [3.05, 3.63) is 0 Å². The Labute approximate surface area is 114 Å². The summed E-state index contributed by atoms with van der Waals surface area (Å²) < 4.78 is 0. The van der Waals surface area contributed by atoms with Gasteiger partial charge in [0.2, 0.25) is 5.91 Å². The van der Waals surface area contributed by atoms with E-state index >= 15 is 0 Å². The van der Waals surface area contributed by atoms with E-state index in [1.54, 1.807) is 0 Å². The molecule has 2 fully saturated rings. The van der Waals surface area contributed by atoms with E-state index in [2.05, 4.69) is 17.6 Å². The molecule has 0 aromatic rings. The van der Waals surface area contributed by atoms with Crippen molar-refractivity contribution in [2.75, 3.05) is 6.54 Å². The summed E-state index contributed by atoms with van der Waals surface area (Å²) in [5.41, 5.74) is -1.68. The molecule has 3 N–H and O–H groups in total. The zero-order chi connectivity index (χ0) is 14.1. The number of carboxylic acid groups (broad SMARTS) is 1. The first-order valence-corrected chi connectivity index (χ1v) is 7.19. The molecule has 3 atom stereocenters. The summed E-state index contributed by atoms with van der Waals surface area (Å²) in [5, 5.41) is 15.6. The van der Waals surface area contributed by atoms with Crippen LogP contribution in [0.4, 0.5) is 0 Å². The lowest BCUT2D eigenvalue weighted by molar-refractivity contribution is -0.151. The minimum Gasteiger partial charge on any atom is -0.480 e. The molecule has 2 aliphatic rings. The number of hydrogen-bond donors (Lipinski definition) is 3. The number of carbonyl (C=O) groups is 2. The molecule has 2 rings (SSSR count). The summed E-state index contributed by atoms with van der Waals surface area (Å²) in [6.07, 6.45) is 4.70. The van der Waals surface area contributed by atoms with E-state index in [0.29, 0.717) is 18.8 Å². The molecule has 0 bridgehead atoms. The summed E-state index contributed by atoms with van der Waals surface area (Å²) in [6, 6.07) is 0. The van der Waals surface area contributed by atoms with Crippen LogP contribution in [0.25, 0.3) is 0 Å². The number of amides is 1. The largest absolute Gasteiger partial charge is 0.480 e. The topological polar surface area (TPSA) is 78.4 Å². The molecule has 5 heteroatoms. The molecule has 1 aliphatic heterocycles. The first kappa shape index (κ1) is 14.3. The Morgan fingerprint density at radius 2 is 2.05 bits per heavy atom. The molecule has 5 nitrogen and oxygen atoms in total. The van der Waals surface area contributed by atoms with E-state index in [9.17, 15) is 14.7 Å². The van der Waals surface area contributed by atoms with Gasteiger partial charge in [0, 0.05) is 0 Å². The highest BCUT2D eigenvalue weighted by Gasteiger charge is 2.47. The van der Waals surface area contributed by atoms with Gasteiger partial charge in [0.25, 0.3) is 0 Å². The maximum atomic E-state index is 12.4. The highest BCUT2D eigenvalue weighted by Crippen LogP contribution is 2.33. The molecule has 1 saturated heterocycles. The van der Waals surface area contributed by atoms with Crippen LogP contribution in [0, 0.1) is 5.92 Å². The molecule has 19 heavy (non-hydrogen) atoms. The minimum absolute atomic E-state index is 0.165. The molecule has 1 heterocycles. The van der Waals surface area contributed by atoms with Crippen LogP contribution in [0.1, 0.15) is 52.4 Å². The maximum Gasteiger partial charge on any atom is 0.329 e. The second kappa shape index (κ2) is 5.12. The van der Waals surface area contributed by atoms with E-state index in [4.69, 9.17) is 0 Å². The standard InChI is InChI=1S/C14H24N2O3/c1-10-5-3-7-14(9-10,12(18)19)16-11(17)13(2)6-4-8-15-13/h10,15H,3-9H2,1-2H3,(H,16,17)(H,18,19). The van der Waals surface area contributed by atoms with Crippen molar-refractivity contribution < 1.29 is 14.7 Å². The van der Waals surface area contributed by atoms with Gasteiger partial charge in [-0.15, -0.1) is 0 Å². The summed E-state index contributed by atoms with van der Waals surface area (Å²) >= 11 is 0. The molecule has 108 valence electrons. The third kappa shape index (κ3) is 2.76. The van der Waals surface area contributed by atoms with Gasteiger partial charge in [-0.05, 0) is 45.1 Å². The van der Waals surface area contributed by atoms with E-state index < -0.39 is 17.0 Å². The third-order valence-corrected chi connectivity index (χ3v) is 4.63. The van der Waals surface area contributed by atoms with Gasteiger partial charge >= 0.3 is 5.97 Å². The monoisotopic (exact) mass is 268 g/mol. The predicted molar refractivity (Wildman–Crippen MR) is 71.8 cm³/mol. The average Bonchev–Trinajstić information content (AvgIpc) is 2.77. The highest BCUT2D eigenvalue weighted by molar-refractivity contribution is 5.92. The minimum atomic E-state index is -1.07. The Hall–Kier alpha value is -1.10. The second-order valence-corrected chi connectivity index (χ2v) is 6.41. The van der Waals surface area contributed by atoms with Crippen molar-refractivity contribution in [2.45, 2.75) is 63.5 Å². The zero-order valence-electron chi connectivity index (χ0n) is 11.8. The Balaban J connectivity index is 2.12. The van der Waals surface area contributed by atoms with Crippen LogP contribution < -0.4 is 10.6 Å². The quantitative estimate of drug-likeness (QED) is 0.720. The van der Waals surface area contributed by atoms with Gasteiger partial charge in [0.1, 0.15) is 5.54 Å². The van der Waals surface area contributed by atoms with Crippen molar-refractivity contribution in [2.24, 2.45) is 5.92 Å². The van der Waals surface area contributed by atoms with Crippen LogP contribution in [-0.2, 0) is 9.59 Å². The fraction of sp³-hybridized carbons (Fsp3) is 0.857. The number of carboxylic acids is 1. The average molecular weight is 268 g/mol. The molecular weight excluding hydrogens is 244 g/mol. The van der Waals surface area contributed by atoms with Crippen molar-refractivity contribution in [1.29, 1.82) is 0 Å². The molecular formula is C14H24N2O3. The van der Waals surface area contributed by atoms with Crippen LogP contribution in [0.2, 0.25) is 0 Å². The molecule has 0 aromatic heterocycles. The Bertz CT molecular complexity index is 377. The smallest absolute Gasteiger partial charge is 0.329 e. The molecule has 1 aliphatic carbocycles. The normalized spacial score (nSPS) is 38.9. The summed E-state index contributed by atoms with van der Waals surface area (Å²) in [4.78, 5) is 24.1. The molecule has 0 aromatic carbocycles. The first-order chi connectivity index (χ1) is 8.88. The number of aliphatic carboxylic acids is 1. The van der Waals surface area contributed by atoms with Crippen molar-refractivity contribution in [3.8, 4) is 0 Å². The first-order valence-electron chi connectivity index (χ1n) is 7.19. The summed E-state index contributed by atoms with van der Waals surface area (Å²) in [5.74, 6) is -0.718. The fourth-order valence-electron chi connectivity index (χ4n) is 3.36. The van der Waals surface area contributed by atoms with Gasteiger partial charge in [0.05, 0.1) is 5.54 Å². The summed E-state index contributed by atoms with van der Waals surface area (Å²) in [6.45, 7) is 4.73. The maximum absolute atomic E-state index is 12.4. The van der Waals surface area contributed by atoms with E-state index in [-0.39, 0.29) is 5.91 Å². The van der Waals surface area contributed by atoms with Crippen molar-refractivity contribution >= 4 is 11.9 Å². The van der Waals surface area contributed by atoms with Crippen molar-refractivity contribution in [3.63, 3.8) is 0 Å². The van der Waals surface area contributed by atoms with Crippen LogP contribution in [0.5, 0.6) is 0 Å². The van der Waals surface area contributed by atoms with E-state index in [1.165, 1.54) is 0 Å². The Morgan fingerprint density at radius 1 is 1.32 bits per heavy atom. The van der Waals surface area contributed by atoms with Crippen LogP contribution in [0.15, 0.2) is 0 Å². The van der Waals surface area contributed by atoms with Gasteiger partial charge in [-0.2, -0.15) is 0 Å². The van der Waals surface area contributed by atoms with Crippen molar-refractivity contribution in [1.82, 2.24) is 10.6 Å². The number of rotatable bonds is 3. The van der Waals surface area contributed by atoms with Crippen LogP contribution in [-0.4, -0.2) is 34.6 Å². The molecule has 0 radical (unpaired) electrons. The van der Waals surface area contributed by atoms with Gasteiger partial charge in [-0.1, -0.05) is 19.8 Å². The lowest BCUT2D eigenvalue weighted by atomic mass is 9.76. The van der Waals surface area contributed by atoms with Gasteiger partial charge in [-0.3, -0.25) is 4.79 Å². The predicted octanol–water partition coefficient (Wildman–Crippen LogP) is 1.28. The van der Waals surface area contributed by atoms with E-state index in [1.807, 2.05) is 6.92 Å². The van der Waals surface area contributed by atoms with Crippen LogP contribution >= 0.6 is 0 Å². The highest BCUT2D eigenvalue weighted by atomic mass is 16.4. The van der Waals surface area contributed by atoms with Gasteiger partial charge in [-0.25, -0.2) is 4.79 Å². The number of carbonyl (C=O) groups excluding carboxylic acids is 1. The van der Waals surface area contributed by atoms with Crippen LogP contribution in [0.3, 0.4) is 0 Å². The fourth-order valence-corrected chi connectivity index (χ4v) is 3.36. The Kier molecular flexibility index (Phi) is 3.85. The second-order valence-electron chi connectivity index (χ2n) is 6.41. The lowest BCUT2D eigenvalue weighted by Gasteiger charge is -2.39. The molecule has 1 amide bonds. The molecule has 0 spiro atoms. The van der Waals surface area contributed by atoms with Gasteiger partial charge < -0.3 is 15.7 Å². The number of hydrogen-bond acceptors (Lipinski definition) is 3.